The molecule has 3 aromatic rings. The molecule has 11 heteroatoms. The molecule has 0 unspecified atom stereocenters. The van der Waals surface area contributed by atoms with E-state index >= 15 is 0 Å². The predicted molar refractivity (Wildman–Crippen MR) is 132 cm³/mol. The first kappa shape index (κ1) is 26.8. The fourth-order valence-electron chi connectivity index (χ4n) is 4.37. The smallest absolute Gasteiger partial charge is 0.497 e. The van der Waals surface area contributed by atoms with Crippen molar-refractivity contribution in [3.05, 3.63) is 65.4 Å². The molecule has 1 aliphatic rings. The number of benzene rings is 2. The zero-order valence-electron chi connectivity index (χ0n) is 20.5. The number of carbonyl (C=O) groups excluding carboxylic acids is 1. The van der Waals surface area contributed by atoms with Crippen LogP contribution in [0.25, 0.3) is 0 Å². The Kier molecular flexibility index (Phi) is 8.63. The minimum absolute atomic E-state index is 0.211. The Balaban J connectivity index is 1.43. The monoisotopic (exact) mass is 535 g/mol. The van der Waals surface area contributed by atoms with E-state index in [-0.39, 0.29) is 29.2 Å². The number of methoxy groups -OCH3 is 1. The Morgan fingerprint density at radius 1 is 1.03 bits per heavy atom. The van der Waals surface area contributed by atoms with Crippen molar-refractivity contribution in [2.24, 2.45) is 0 Å². The summed E-state index contributed by atoms with van der Waals surface area (Å²) in [4.78, 5) is 12.6. The van der Waals surface area contributed by atoms with Crippen LogP contribution in [-0.2, 0) is 11.3 Å². The van der Waals surface area contributed by atoms with Gasteiger partial charge >= 0.3 is 12.3 Å². The fourth-order valence-corrected chi connectivity index (χ4v) is 5.65. The van der Waals surface area contributed by atoms with Gasteiger partial charge in [-0.1, -0.05) is 29.5 Å². The maximum absolute atomic E-state index is 12.6. The van der Waals surface area contributed by atoms with Crippen LogP contribution in [-0.4, -0.2) is 46.3 Å². The lowest BCUT2D eigenvalue weighted by Crippen LogP contribution is -2.18. The number of hydrogen-bond acceptors (Lipinski definition) is 7. The lowest BCUT2D eigenvalue weighted by Gasteiger charge is -2.28. The molecule has 0 saturated heterocycles. The molecule has 2 aromatic carbocycles. The van der Waals surface area contributed by atoms with Gasteiger partial charge in [-0.2, -0.15) is 0 Å². The third kappa shape index (κ3) is 7.18. The molecule has 198 valence electrons. The lowest BCUT2D eigenvalue weighted by molar-refractivity contribution is -0.274. The van der Waals surface area contributed by atoms with Crippen LogP contribution in [0.5, 0.6) is 11.5 Å². The molecular weight excluding hydrogens is 507 g/mol. The van der Waals surface area contributed by atoms with Crippen molar-refractivity contribution in [1.29, 1.82) is 0 Å². The number of carbonyl (C=O) groups is 1. The molecule has 0 amide bonds. The van der Waals surface area contributed by atoms with Gasteiger partial charge in [0.1, 0.15) is 16.5 Å². The number of nitrogens with zero attached hydrogens (tertiary/aromatic N) is 3. The molecule has 0 radical (unpaired) electrons. The van der Waals surface area contributed by atoms with Crippen molar-refractivity contribution < 1.29 is 32.2 Å². The minimum Gasteiger partial charge on any atom is -0.497 e. The van der Waals surface area contributed by atoms with Crippen LogP contribution in [0.4, 0.5) is 13.2 Å². The number of halogens is 3. The summed E-state index contributed by atoms with van der Waals surface area (Å²) in [5.74, 6) is 0.289. The fraction of sp³-hybridized carbons (Fsp3) is 0.423. The molecule has 1 saturated carbocycles. The van der Waals surface area contributed by atoms with Crippen molar-refractivity contribution >= 4 is 17.7 Å². The first-order valence-electron chi connectivity index (χ1n) is 12.0. The number of alkyl halides is 3. The standard InChI is InChI=1S/C26H28F3N3O4S/c1-3-35-25(33)23-24(32(31-30-23)16-17-4-10-20(34-2)11-5-17)37-22-14-8-19(9-15-22)18-6-12-21(13-7-18)36-26(27,28)29/h4-7,10-13,19,22H,3,8-9,14-16H2,1-2H3. The maximum atomic E-state index is 12.6. The number of thioether (sulfide) groups is 1. The normalized spacial score (nSPS) is 17.9. The quantitative estimate of drug-likeness (QED) is 0.301. The summed E-state index contributed by atoms with van der Waals surface area (Å²) in [7, 11) is 1.61. The van der Waals surface area contributed by atoms with E-state index in [0.717, 1.165) is 42.6 Å². The summed E-state index contributed by atoms with van der Waals surface area (Å²) in [5.41, 5.74) is 2.20. The summed E-state index contributed by atoms with van der Waals surface area (Å²) in [6, 6.07) is 13.7. The van der Waals surface area contributed by atoms with Crippen LogP contribution in [0.3, 0.4) is 0 Å². The molecule has 0 bridgehead atoms. The molecule has 0 N–H and O–H groups in total. The molecule has 1 heterocycles. The van der Waals surface area contributed by atoms with E-state index in [1.807, 2.05) is 24.3 Å². The first-order valence-corrected chi connectivity index (χ1v) is 12.9. The molecule has 1 aliphatic carbocycles. The highest BCUT2D eigenvalue weighted by Gasteiger charge is 2.31. The van der Waals surface area contributed by atoms with E-state index in [2.05, 4.69) is 15.0 Å². The first-order chi connectivity index (χ1) is 17.8. The highest BCUT2D eigenvalue weighted by molar-refractivity contribution is 7.99. The van der Waals surface area contributed by atoms with Crippen LogP contribution in [0, 0.1) is 0 Å². The van der Waals surface area contributed by atoms with Crippen molar-refractivity contribution in [2.75, 3.05) is 13.7 Å². The Labute approximate surface area is 217 Å². The van der Waals surface area contributed by atoms with E-state index in [1.165, 1.54) is 12.1 Å². The summed E-state index contributed by atoms with van der Waals surface area (Å²) >= 11 is 1.58. The van der Waals surface area contributed by atoms with Gasteiger partial charge in [-0.05, 0) is 73.9 Å². The van der Waals surface area contributed by atoms with Crippen molar-refractivity contribution in [3.8, 4) is 11.5 Å². The third-order valence-electron chi connectivity index (χ3n) is 6.19. The Hall–Kier alpha value is -3.21. The molecule has 0 atom stereocenters. The topological polar surface area (TPSA) is 75.5 Å². The number of hydrogen-bond donors (Lipinski definition) is 0. The van der Waals surface area contributed by atoms with Crippen molar-refractivity contribution in [3.63, 3.8) is 0 Å². The van der Waals surface area contributed by atoms with Gasteiger partial charge < -0.3 is 14.2 Å². The Morgan fingerprint density at radius 2 is 1.68 bits per heavy atom. The van der Waals surface area contributed by atoms with Gasteiger partial charge in [-0.15, -0.1) is 30.0 Å². The highest BCUT2D eigenvalue weighted by atomic mass is 32.2. The van der Waals surface area contributed by atoms with E-state index in [0.29, 0.717) is 11.6 Å². The van der Waals surface area contributed by atoms with Gasteiger partial charge in [0.15, 0.2) is 0 Å². The van der Waals surface area contributed by atoms with Gasteiger partial charge in [0.2, 0.25) is 5.69 Å². The van der Waals surface area contributed by atoms with E-state index < -0.39 is 12.3 Å². The third-order valence-corrected chi connectivity index (χ3v) is 7.62. The Morgan fingerprint density at radius 3 is 2.27 bits per heavy atom. The Bertz CT molecular complexity index is 1180. The average Bonchev–Trinajstić information content (AvgIpc) is 3.26. The maximum Gasteiger partial charge on any atom is 0.573 e. The zero-order valence-corrected chi connectivity index (χ0v) is 21.3. The van der Waals surface area contributed by atoms with Gasteiger partial charge in [0.25, 0.3) is 0 Å². The largest absolute Gasteiger partial charge is 0.573 e. The average molecular weight is 536 g/mol. The highest BCUT2D eigenvalue weighted by Crippen LogP contribution is 2.41. The van der Waals surface area contributed by atoms with Crippen LogP contribution in [0.1, 0.15) is 60.1 Å². The molecule has 37 heavy (non-hydrogen) atoms. The van der Waals surface area contributed by atoms with Crippen LogP contribution >= 0.6 is 11.8 Å². The summed E-state index contributed by atoms with van der Waals surface area (Å²) in [6.07, 6.45) is -1.18. The molecule has 1 fully saturated rings. The van der Waals surface area contributed by atoms with Gasteiger partial charge in [-0.3, -0.25) is 0 Å². The zero-order chi connectivity index (χ0) is 26.4. The predicted octanol–water partition coefficient (Wildman–Crippen LogP) is 6.23. The SMILES string of the molecule is CCOC(=O)c1nnn(Cc2ccc(OC)cc2)c1SC1CCC(c2ccc(OC(F)(F)F)cc2)CC1. The van der Waals surface area contributed by atoms with Crippen molar-refractivity contribution in [1.82, 2.24) is 15.0 Å². The summed E-state index contributed by atoms with van der Waals surface area (Å²) in [6.45, 7) is 2.43. The van der Waals surface area contributed by atoms with Crippen molar-refractivity contribution in [2.45, 2.75) is 61.7 Å². The van der Waals surface area contributed by atoms with E-state index in [4.69, 9.17) is 9.47 Å². The number of aromatic nitrogens is 3. The summed E-state index contributed by atoms with van der Waals surface area (Å²) < 4.78 is 53.4. The molecule has 7 nitrogen and oxygen atoms in total. The molecule has 4 rings (SSSR count). The number of esters is 1. The van der Waals surface area contributed by atoms with Crippen LogP contribution in [0.15, 0.2) is 53.6 Å². The second kappa shape index (κ2) is 11.9. The summed E-state index contributed by atoms with van der Waals surface area (Å²) in [5, 5.41) is 9.28. The van der Waals surface area contributed by atoms with E-state index in [1.54, 1.807) is 42.6 Å². The van der Waals surface area contributed by atoms with Crippen LogP contribution < -0.4 is 9.47 Å². The molecule has 0 spiro atoms. The second-order valence-corrected chi connectivity index (χ2v) is 9.97. The molecule has 0 aliphatic heterocycles. The van der Waals surface area contributed by atoms with Gasteiger partial charge in [0, 0.05) is 5.25 Å². The number of rotatable bonds is 9. The van der Waals surface area contributed by atoms with Gasteiger partial charge in [-0.25, -0.2) is 9.48 Å². The second-order valence-electron chi connectivity index (χ2n) is 8.68. The molecular formula is C26H28F3N3O4S. The number of ether oxygens (including phenoxy) is 3. The lowest BCUT2D eigenvalue weighted by atomic mass is 9.84. The molecule has 1 aromatic heterocycles. The van der Waals surface area contributed by atoms with E-state index in [9.17, 15) is 18.0 Å². The minimum atomic E-state index is -4.70. The van der Waals surface area contributed by atoms with Crippen LogP contribution in [0.2, 0.25) is 0 Å². The van der Waals surface area contributed by atoms with Gasteiger partial charge in [0.05, 0.1) is 20.3 Å².